The van der Waals surface area contributed by atoms with Crippen LogP contribution in [-0.4, -0.2) is 43.0 Å². The Balaban J connectivity index is 2.22. The van der Waals surface area contributed by atoms with Crippen molar-refractivity contribution in [2.75, 3.05) is 20.3 Å². The van der Waals surface area contributed by atoms with Gasteiger partial charge in [0, 0.05) is 13.1 Å². The van der Waals surface area contributed by atoms with Crippen molar-refractivity contribution in [3.63, 3.8) is 0 Å². The Bertz CT molecular complexity index is 822. The molecule has 2 aromatic carbocycles. The third kappa shape index (κ3) is 6.24. The van der Waals surface area contributed by atoms with Crippen LogP contribution in [-0.2, 0) is 16.1 Å². The van der Waals surface area contributed by atoms with E-state index in [9.17, 15) is 9.59 Å². The average Bonchev–Trinajstić information content (AvgIpc) is 2.72. The number of para-hydroxylation sites is 2. The molecule has 0 saturated heterocycles. The molecule has 2 amide bonds. The second-order valence-electron chi connectivity index (χ2n) is 6.77. The molecule has 0 aromatic heterocycles. The molecule has 1 unspecified atom stereocenters. The summed E-state index contributed by atoms with van der Waals surface area (Å²) in [7, 11) is 1.55. The molecule has 2 aromatic rings. The number of methoxy groups -OCH3 is 1. The lowest BCUT2D eigenvalue weighted by molar-refractivity contribution is -0.142. The number of rotatable bonds is 10. The first-order valence-corrected chi connectivity index (χ1v) is 9.88. The van der Waals surface area contributed by atoms with Crippen LogP contribution in [0, 0.1) is 6.92 Å². The highest BCUT2D eigenvalue weighted by Gasteiger charge is 2.28. The third-order valence-corrected chi connectivity index (χ3v) is 4.59. The van der Waals surface area contributed by atoms with E-state index in [0.29, 0.717) is 31.0 Å². The second-order valence-corrected chi connectivity index (χ2v) is 6.77. The first kappa shape index (κ1) is 22.3. The van der Waals surface area contributed by atoms with Crippen molar-refractivity contribution in [3.8, 4) is 11.5 Å². The van der Waals surface area contributed by atoms with Gasteiger partial charge in [-0.1, -0.05) is 48.9 Å². The Labute approximate surface area is 172 Å². The van der Waals surface area contributed by atoms with Crippen LogP contribution in [0.4, 0.5) is 0 Å². The molecule has 1 N–H and O–H groups in total. The second kappa shape index (κ2) is 11.1. The molecule has 0 heterocycles. The molecule has 0 fully saturated rings. The molecule has 0 saturated carbocycles. The molecule has 6 heteroatoms. The van der Waals surface area contributed by atoms with E-state index in [1.807, 2.05) is 57.2 Å². The van der Waals surface area contributed by atoms with Crippen LogP contribution in [0.25, 0.3) is 0 Å². The highest BCUT2D eigenvalue weighted by Crippen LogP contribution is 2.26. The molecule has 29 heavy (non-hydrogen) atoms. The minimum atomic E-state index is -0.566. The SMILES string of the molecule is CCNC(=O)C(CC)N(Cc1cccc(C)c1)C(=O)COc1ccccc1OC. The number of aryl methyl sites for hydroxylation is 1. The van der Waals surface area contributed by atoms with Crippen LogP contribution in [0.3, 0.4) is 0 Å². The first-order valence-electron chi connectivity index (χ1n) is 9.88. The minimum absolute atomic E-state index is 0.159. The van der Waals surface area contributed by atoms with Crippen LogP contribution in [0.15, 0.2) is 48.5 Å². The zero-order chi connectivity index (χ0) is 21.2. The van der Waals surface area contributed by atoms with Crippen LogP contribution >= 0.6 is 0 Å². The fraction of sp³-hybridized carbons (Fsp3) is 0.391. The monoisotopic (exact) mass is 398 g/mol. The number of carbonyl (C=O) groups excluding carboxylic acids is 2. The highest BCUT2D eigenvalue weighted by atomic mass is 16.5. The molecule has 0 aliphatic heterocycles. The van der Waals surface area contributed by atoms with Crippen LogP contribution in [0.1, 0.15) is 31.4 Å². The number of benzene rings is 2. The fourth-order valence-electron chi connectivity index (χ4n) is 3.18. The summed E-state index contributed by atoms with van der Waals surface area (Å²) in [5.74, 6) is 0.634. The lowest BCUT2D eigenvalue weighted by Gasteiger charge is -2.30. The summed E-state index contributed by atoms with van der Waals surface area (Å²) in [6, 6.07) is 14.5. The molecule has 0 aliphatic carbocycles. The van der Waals surface area contributed by atoms with Gasteiger partial charge in [0.1, 0.15) is 6.04 Å². The largest absolute Gasteiger partial charge is 0.493 e. The van der Waals surface area contributed by atoms with Gasteiger partial charge in [0.15, 0.2) is 18.1 Å². The van der Waals surface area contributed by atoms with Gasteiger partial charge in [-0.3, -0.25) is 9.59 Å². The molecule has 0 spiro atoms. The van der Waals surface area contributed by atoms with Gasteiger partial charge < -0.3 is 19.7 Å². The molecule has 0 aliphatic rings. The maximum Gasteiger partial charge on any atom is 0.261 e. The Morgan fingerprint density at radius 2 is 1.79 bits per heavy atom. The lowest BCUT2D eigenvalue weighted by atomic mass is 10.1. The van der Waals surface area contributed by atoms with E-state index in [1.54, 1.807) is 24.1 Å². The van der Waals surface area contributed by atoms with Crippen molar-refractivity contribution < 1.29 is 19.1 Å². The lowest BCUT2D eigenvalue weighted by Crippen LogP contribution is -2.50. The van der Waals surface area contributed by atoms with Crippen molar-refractivity contribution in [1.82, 2.24) is 10.2 Å². The van der Waals surface area contributed by atoms with Crippen LogP contribution in [0.5, 0.6) is 11.5 Å². The molecular weight excluding hydrogens is 368 g/mol. The summed E-state index contributed by atoms with van der Waals surface area (Å²) in [4.78, 5) is 27.3. The number of hydrogen-bond donors (Lipinski definition) is 1. The minimum Gasteiger partial charge on any atom is -0.493 e. The fourth-order valence-corrected chi connectivity index (χ4v) is 3.18. The van der Waals surface area contributed by atoms with Gasteiger partial charge in [-0.2, -0.15) is 0 Å². The highest BCUT2D eigenvalue weighted by molar-refractivity contribution is 5.88. The van der Waals surface area contributed by atoms with Gasteiger partial charge in [0.2, 0.25) is 5.91 Å². The summed E-state index contributed by atoms with van der Waals surface area (Å²) in [6.45, 7) is 6.44. The Morgan fingerprint density at radius 3 is 2.41 bits per heavy atom. The van der Waals surface area contributed by atoms with Gasteiger partial charge in [-0.15, -0.1) is 0 Å². The van der Waals surface area contributed by atoms with Gasteiger partial charge in [0.25, 0.3) is 5.91 Å². The summed E-state index contributed by atoms with van der Waals surface area (Å²) >= 11 is 0. The zero-order valence-corrected chi connectivity index (χ0v) is 17.6. The van der Waals surface area contributed by atoms with E-state index < -0.39 is 6.04 Å². The van der Waals surface area contributed by atoms with Crippen molar-refractivity contribution in [3.05, 3.63) is 59.7 Å². The first-order chi connectivity index (χ1) is 14.0. The number of ether oxygens (including phenoxy) is 2. The summed E-state index contributed by atoms with van der Waals surface area (Å²) in [6.07, 6.45) is 0.512. The Morgan fingerprint density at radius 1 is 1.07 bits per heavy atom. The standard InChI is InChI=1S/C23H30N2O4/c1-5-19(23(27)24-6-2)25(15-18-11-9-10-17(3)14-18)22(26)16-29-21-13-8-7-12-20(21)28-4/h7-14,19H,5-6,15-16H2,1-4H3,(H,24,27). The van der Waals surface area contributed by atoms with Crippen molar-refractivity contribution in [2.24, 2.45) is 0 Å². The quantitative estimate of drug-likeness (QED) is 0.667. The van der Waals surface area contributed by atoms with Gasteiger partial charge in [-0.05, 0) is 38.0 Å². The number of nitrogens with zero attached hydrogens (tertiary/aromatic N) is 1. The predicted molar refractivity (Wildman–Crippen MR) is 113 cm³/mol. The van der Waals surface area contributed by atoms with Gasteiger partial charge >= 0.3 is 0 Å². The van der Waals surface area contributed by atoms with E-state index in [2.05, 4.69) is 5.32 Å². The van der Waals surface area contributed by atoms with E-state index >= 15 is 0 Å². The molecular formula is C23H30N2O4. The van der Waals surface area contributed by atoms with Crippen molar-refractivity contribution in [2.45, 2.75) is 39.8 Å². The molecule has 156 valence electrons. The van der Waals surface area contributed by atoms with Crippen molar-refractivity contribution in [1.29, 1.82) is 0 Å². The Kier molecular flexibility index (Phi) is 8.52. The number of carbonyl (C=O) groups is 2. The topological polar surface area (TPSA) is 67.9 Å². The number of hydrogen-bond acceptors (Lipinski definition) is 4. The van der Waals surface area contributed by atoms with Gasteiger partial charge in [-0.25, -0.2) is 0 Å². The van der Waals surface area contributed by atoms with Crippen LogP contribution < -0.4 is 14.8 Å². The predicted octanol–water partition coefficient (Wildman–Crippen LogP) is 3.33. The number of nitrogens with one attached hydrogen (secondary N) is 1. The average molecular weight is 399 g/mol. The summed E-state index contributed by atoms with van der Waals surface area (Å²) < 4.78 is 11.0. The number of likely N-dealkylation sites (N-methyl/N-ethyl adjacent to an activating group) is 1. The molecule has 0 radical (unpaired) electrons. The van der Waals surface area contributed by atoms with Crippen molar-refractivity contribution >= 4 is 11.8 Å². The summed E-state index contributed by atoms with van der Waals surface area (Å²) in [5.41, 5.74) is 2.07. The molecule has 1 atom stereocenters. The Hall–Kier alpha value is -3.02. The molecule has 0 bridgehead atoms. The molecule has 2 rings (SSSR count). The number of amides is 2. The molecule has 6 nitrogen and oxygen atoms in total. The van der Waals surface area contributed by atoms with E-state index in [1.165, 1.54) is 0 Å². The van der Waals surface area contributed by atoms with Crippen LogP contribution in [0.2, 0.25) is 0 Å². The zero-order valence-electron chi connectivity index (χ0n) is 17.6. The summed E-state index contributed by atoms with van der Waals surface area (Å²) in [5, 5.41) is 2.83. The van der Waals surface area contributed by atoms with E-state index in [0.717, 1.165) is 11.1 Å². The maximum atomic E-state index is 13.1. The maximum absolute atomic E-state index is 13.1. The normalized spacial score (nSPS) is 11.4. The van der Waals surface area contributed by atoms with E-state index in [-0.39, 0.29) is 18.4 Å². The van der Waals surface area contributed by atoms with Gasteiger partial charge in [0.05, 0.1) is 7.11 Å². The third-order valence-electron chi connectivity index (χ3n) is 4.59. The smallest absolute Gasteiger partial charge is 0.261 e. The van der Waals surface area contributed by atoms with E-state index in [4.69, 9.17) is 9.47 Å².